The second-order valence-corrected chi connectivity index (χ2v) is 4.30. The minimum atomic E-state index is 0.0182. The molecule has 1 N–H and O–H groups in total. The summed E-state index contributed by atoms with van der Waals surface area (Å²) in [5, 5.41) is 17.3. The quantitative estimate of drug-likeness (QED) is 0.824. The minimum absolute atomic E-state index is 0.0182. The Balaban J connectivity index is 2.27. The van der Waals surface area contributed by atoms with Crippen LogP contribution in [0.4, 0.5) is 0 Å². The van der Waals surface area contributed by atoms with Gasteiger partial charge in [-0.15, -0.1) is 0 Å². The summed E-state index contributed by atoms with van der Waals surface area (Å²) in [4.78, 5) is 4.42. The molecule has 0 fully saturated rings. The van der Waals surface area contributed by atoms with Crippen molar-refractivity contribution in [1.29, 1.82) is 0 Å². The van der Waals surface area contributed by atoms with Crippen molar-refractivity contribution in [2.45, 2.75) is 33.4 Å². The van der Waals surface area contributed by atoms with Crippen LogP contribution in [0.3, 0.4) is 0 Å². The van der Waals surface area contributed by atoms with E-state index in [1.165, 1.54) is 0 Å². The molecule has 2 heterocycles. The molecule has 7 nitrogen and oxygen atoms in total. The van der Waals surface area contributed by atoms with Crippen molar-refractivity contribution in [3.8, 4) is 0 Å². The molecule has 0 aliphatic rings. The van der Waals surface area contributed by atoms with Crippen molar-refractivity contribution < 1.29 is 14.4 Å². The van der Waals surface area contributed by atoms with Gasteiger partial charge in [0.15, 0.2) is 5.82 Å². The Kier molecular flexibility index (Phi) is 4.28. The zero-order valence-corrected chi connectivity index (χ0v) is 11.4. The van der Waals surface area contributed by atoms with Crippen LogP contribution in [-0.4, -0.2) is 38.7 Å². The first kappa shape index (κ1) is 13.7. The number of hydrogen-bond donors (Lipinski definition) is 1. The van der Waals surface area contributed by atoms with E-state index in [4.69, 9.17) is 14.4 Å². The summed E-state index contributed by atoms with van der Waals surface area (Å²) in [5.74, 6) is 2.16. The van der Waals surface area contributed by atoms with E-state index in [2.05, 4.69) is 15.2 Å². The maximum Gasteiger partial charge on any atom is 0.176 e. The van der Waals surface area contributed by atoms with E-state index in [1.54, 1.807) is 11.8 Å². The lowest BCUT2D eigenvalue weighted by Gasteiger charge is -2.03. The Morgan fingerprint density at radius 1 is 1.37 bits per heavy atom. The zero-order chi connectivity index (χ0) is 13.8. The van der Waals surface area contributed by atoms with Crippen LogP contribution < -0.4 is 0 Å². The fraction of sp³-hybridized carbons (Fsp3) is 0.583. The topological polar surface area (TPSA) is 86.2 Å². The first-order valence-corrected chi connectivity index (χ1v) is 6.09. The van der Waals surface area contributed by atoms with Crippen LogP contribution in [0, 0.1) is 13.8 Å². The Morgan fingerprint density at radius 3 is 2.74 bits per heavy atom. The SMILES string of the molecule is COCc1nc(Cc2c(C)noc2C)n(CCO)n1. The lowest BCUT2D eigenvalue weighted by Crippen LogP contribution is -2.09. The number of nitrogens with zero attached hydrogens (tertiary/aromatic N) is 4. The van der Waals surface area contributed by atoms with Gasteiger partial charge in [0, 0.05) is 19.1 Å². The highest BCUT2D eigenvalue weighted by molar-refractivity contribution is 5.24. The summed E-state index contributed by atoms with van der Waals surface area (Å²) in [6.07, 6.45) is 0.581. The number of aliphatic hydroxyl groups is 1. The third kappa shape index (κ3) is 2.99. The van der Waals surface area contributed by atoms with Crippen molar-refractivity contribution in [2.75, 3.05) is 13.7 Å². The third-order valence-electron chi connectivity index (χ3n) is 2.89. The molecule has 0 radical (unpaired) electrons. The van der Waals surface area contributed by atoms with Crippen molar-refractivity contribution in [3.63, 3.8) is 0 Å². The first-order chi connectivity index (χ1) is 9.15. The maximum absolute atomic E-state index is 9.07. The molecule has 0 amide bonds. The van der Waals surface area contributed by atoms with Gasteiger partial charge in [0.05, 0.1) is 18.8 Å². The van der Waals surface area contributed by atoms with Crippen LogP contribution >= 0.6 is 0 Å². The predicted octanol–water partition coefficient (Wildman–Crippen LogP) is 0.612. The van der Waals surface area contributed by atoms with Crippen LogP contribution in [0.1, 0.15) is 28.7 Å². The number of rotatable bonds is 6. The van der Waals surface area contributed by atoms with Gasteiger partial charge >= 0.3 is 0 Å². The molecule has 2 aromatic rings. The molecule has 0 spiro atoms. The third-order valence-corrected chi connectivity index (χ3v) is 2.89. The molecular weight excluding hydrogens is 248 g/mol. The predicted molar refractivity (Wildman–Crippen MR) is 66.6 cm³/mol. The van der Waals surface area contributed by atoms with Gasteiger partial charge in [0.1, 0.15) is 18.2 Å². The summed E-state index contributed by atoms with van der Waals surface area (Å²) < 4.78 is 11.9. The number of aryl methyl sites for hydroxylation is 2. The monoisotopic (exact) mass is 266 g/mol. The summed E-state index contributed by atoms with van der Waals surface area (Å²) >= 11 is 0. The average Bonchev–Trinajstić information content (AvgIpc) is 2.89. The normalized spacial score (nSPS) is 11.2. The van der Waals surface area contributed by atoms with Crippen LogP contribution in [0.15, 0.2) is 4.52 Å². The van der Waals surface area contributed by atoms with Crippen molar-refractivity contribution >= 4 is 0 Å². The summed E-state index contributed by atoms with van der Waals surface area (Å²) in [6, 6.07) is 0. The van der Waals surface area contributed by atoms with Crippen molar-refractivity contribution in [3.05, 3.63) is 28.7 Å². The van der Waals surface area contributed by atoms with Crippen molar-refractivity contribution in [2.24, 2.45) is 0 Å². The Hall–Kier alpha value is -1.73. The van der Waals surface area contributed by atoms with Crippen molar-refractivity contribution in [1.82, 2.24) is 19.9 Å². The van der Waals surface area contributed by atoms with Gasteiger partial charge < -0.3 is 14.4 Å². The fourth-order valence-corrected chi connectivity index (χ4v) is 1.93. The lowest BCUT2D eigenvalue weighted by molar-refractivity contribution is 0.177. The van der Waals surface area contributed by atoms with Crippen LogP contribution in [0.5, 0.6) is 0 Å². The number of aromatic nitrogens is 4. The molecule has 104 valence electrons. The van der Waals surface area contributed by atoms with E-state index in [0.717, 1.165) is 22.8 Å². The average molecular weight is 266 g/mol. The number of ether oxygens (including phenoxy) is 1. The van der Waals surface area contributed by atoms with E-state index < -0.39 is 0 Å². The Labute approximate surface area is 111 Å². The smallest absolute Gasteiger partial charge is 0.176 e. The zero-order valence-electron chi connectivity index (χ0n) is 11.4. The van der Waals surface area contributed by atoms with Gasteiger partial charge in [-0.3, -0.25) is 0 Å². The van der Waals surface area contributed by atoms with E-state index in [-0.39, 0.29) is 6.61 Å². The number of aliphatic hydroxyl groups excluding tert-OH is 1. The van der Waals surface area contributed by atoms with E-state index in [0.29, 0.717) is 25.4 Å². The molecule has 2 rings (SSSR count). The standard InChI is InChI=1S/C12H18N4O3/c1-8-10(9(2)19-15-8)6-12-13-11(7-18-3)14-16(12)4-5-17/h17H,4-7H2,1-3H3. The molecule has 7 heteroatoms. The van der Waals surface area contributed by atoms with Gasteiger partial charge in [-0.25, -0.2) is 9.67 Å². The van der Waals surface area contributed by atoms with E-state index in [1.807, 2.05) is 13.8 Å². The summed E-state index contributed by atoms with van der Waals surface area (Å²) in [7, 11) is 1.60. The molecule has 2 aromatic heterocycles. The molecule has 0 saturated heterocycles. The van der Waals surface area contributed by atoms with Gasteiger partial charge in [-0.2, -0.15) is 5.10 Å². The number of hydrogen-bond acceptors (Lipinski definition) is 6. The highest BCUT2D eigenvalue weighted by Crippen LogP contribution is 2.16. The van der Waals surface area contributed by atoms with E-state index >= 15 is 0 Å². The molecule has 19 heavy (non-hydrogen) atoms. The Morgan fingerprint density at radius 2 is 2.16 bits per heavy atom. The maximum atomic E-state index is 9.07. The molecule has 0 aromatic carbocycles. The first-order valence-electron chi connectivity index (χ1n) is 6.09. The largest absolute Gasteiger partial charge is 0.394 e. The van der Waals surface area contributed by atoms with Gasteiger partial charge in [-0.05, 0) is 13.8 Å². The summed E-state index contributed by atoms with van der Waals surface area (Å²) in [6.45, 7) is 4.56. The van der Waals surface area contributed by atoms with Crippen LogP contribution in [0.25, 0.3) is 0 Å². The minimum Gasteiger partial charge on any atom is -0.394 e. The highest BCUT2D eigenvalue weighted by atomic mass is 16.5. The molecule has 0 saturated carbocycles. The summed E-state index contributed by atoms with van der Waals surface area (Å²) in [5.41, 5.74) is 1.86. The Bertz CT molecular complexity index is 528. The molecule has 0 aliphatic carbocycles. The molecular formula is C12H18N4O3. The number of methoxy groups -OCH3 is 1. The molecule has 0 bridgehead atoms. The highest BCUT2D eigenvalue weighted by Gasteiger charge is 2.15. The fourth-order valence-electron chi connectivity index (χ4n) is 1.93. The lowest BCUT2D eigenvalue weighted by atomic mass is 10.1. The second kappa shape index (κ2) is 5.94. The molecule has 0 atom stereocenters. The molecule has 0 unspecified atom stereocenters. The van der Waals surface area contributed by atoms with Crippen LogP contribution in [0.2, 0.25) is 0 Å². The van der Waals surface area contributed by atoms with Crippen LogP contribution in [-0.2, 0) is 24.3 Å². The van der Waals surface area contributed by atoms with Gasteiger partial charge in [-0.1, -0.05) is 5.16 Å². The molecule has 0 aliphatic heterocycles. The second-order valence-electron chi connectivity index (χ2n) is 4.30. The van der Waals surface area contributed by atoms with Gasteiger partial charge in [0.2, 0.25) is 0 Å². The van der Waals surface area contributed by atoms with E-state index in [9.17, 15) is 0 Å². The van der Waals surface area contributed by atoms with Gasteiger partial charge in [0.25, 0.3) is 0 Å².